The summed E-state index contributed by atoms with van der Waals surface area (Å²) in [6.45, 7) is 1.46. The summed E-state index contributed by atoms with van der Waals surface area (Å²) in [5.41, 5.74) is 0.0880. The monoisotopic (exact) mass is 407 g/mol. The van der Waals surface area contributed by atoms with Crippen LogP contribution in [0.3, 0.4) is 0 Å². The van der Waals surface area contributed by atoms with Crippen LogP contribution in [0, 0.1) is 5.92 Å². The maximum atomic E-state index is 12.8. The number of imide groups is 1. The summed E-state index contributed by atoms with van der Waals surface area (Å²) in [5, 5.41) is 6.65. The predicted molar refractivity (Wildman–Crippen MR) is 102 cm³/mol. The molecule has 152 valence electrons. The third kappa shape index (κ3) is 4.04. The van der Waals surface area contributed by atoms with E-state index in [1.165, 1.54) is 4.90 Å². The zero-order valence-electron chi connectivity index (χ0n) is 16.1. The zero-order chi connectivity index (χ0) is 20.3. The fourth-order valence-corrected chi connectivity index (χ4v) is 4.47. The van der Waals surface area contributed by atoms with E-state index in [2.05, 4.69) is 5.32 Å². The number of nitrogens with one attached hydrogen (secondary N) is 1. The number of nitrogens with zero attached hydrogens (tertiary/aromatic N) is 2. The lowest BCUT2D eigenvalue weighted by Gasteiger charge is -2.36. The van der Waals surface area contributed by atoms with Gasteiger partial charge in [0.25, 0.3) is 11.8 Å². The standard InChI is InChI=1S/C19H25N3O5S/c1-13-5-3-4-7-19(13)17(25)22(18(26)20-19)10-16(24)27-11-15(23)21(2)9-14-6-8-28-12-14/h6,8,12-13H,3-5,7,9-11H2,1-2H3,(H,20,26)/t13-,19+/m1/s1. The summed E-state index contributed by atoms with van der Waals surface area (Å²) >= 11 is 1.54. The number of thiophene rings is 1. The molecule has 28 heavy (non-hydrogen) atoms. The van der Waals surface area contributed by atoms with Crippen molar-refractivity contribution in [3.63, 3.8) is 0 Å². The van der Waals surface area contributed by atoms with Crippen molar-refractivity contribution in [1.82, 2.24) is 15.1 Å². The first kappa shape index (κ1) is 20.3. The Morgan fingerprint density at radius 1 is 1.39 bits per heavy atom. The Morgan fingerprint density at radius 2 is 2.18 bits per heavy atom. The molecule has 2 fully saturated rings. The van der Waals surface area contributed by atoms with E-state index in [0.717, 1.165) is 29.7 Å². The first-order valence-electron chi connectivity index (χ1n) is 9.38. The Hall–Kier alpha value is -2.42. The molecule has 4 amide bonds. The average Bonchev–Trinajstić information content (AvgIpc) is 3.25. The molecule has 0 bridgehead atoms. The van der Waals surface area contributed by atoms with Crippen molar-refractivity contribution in [2.24, 2.45) is 5.92 Å². The number of urea groups is 1. The largest absolute Gasteiger partial charge is 0.454 e. The van der Waals surface area contributed by atoms with E-state index in [1.54, 1.807) is 18.4 Å². The zero-order valence-corrected chi connectivity index (χ0v) is 16.9. The molecule has 2 aliphatic rings. The molecule has 1 N–H and O–H groups in total. The fraction of sp³-hybridized carbons (Fsp3) is 0.579. The molecule has 1 saturated heterocycles. The van der Waals surface area contributed by atoms with E-state index in [0.29, 0.717) is 13.0 Å². The Balaban J connectivity index is 1.51. The summed E-state index contributed by atoms with van der Waals surface area (Å²) in [5.74, 6) is -1.48. The number of carbonyl (C=O) groups is 4. The Kier molecular flexibility index (Phi) is 6.02. The minimum absolute atomic E-state index is 0.0195. The van der Waals surface area contributed by atoms with Gasteiger partial charge in [0.15, 0.2) is 6.61 Å². The van der Waals surface area contributed by atoms with Gasteiger partial charge in [0, 0.05) is 13.6 Å². The molecule has 1 spiro atoms. The van der Waals surface area contributed by atoms with Gasteiger partial charge in [0.05, 0.1) is 0 Å². The van der Waals surface area contributed by atoms with E-state index >= 15 is 0 Å². The summed E-state index contributed by atoms with van der Waals surface area (Å²) in [4.78, 5) is 51.7. The van der Waals surface area contributed by atoms with Crippen molar-refractivity contribution >= 4 is 35.2 Å². The molecule has 1 aromatic rings. The second-order valence-corrected chi connectivity index (χ2v) is 8.26. The molecule has 2 atom stereocenters. The minimum atomic E-state index is -0.911. The van der Waals surface area contributed by atoms with Crippen LogP contribution in [0.1, 0.15) is 38.2 Å². The third-order valence-corrected chi connectivity index (χ3v) is 6.30. The van der Waals surface area contributed by atoms with Gasteiger partial charge in [0.1, 0.15) is 12.1 Å². The molecule has 8 nitrogen and oxygen atoms in total. The van der Waals surface area contributed by atoms with Crippen LogP contribution in [0.25, 0.3) is 0 Å². The van der Waals surface area contributed by atoms with E-state index in [4.69, 9.17) is 4.74 Å². The van der Waals surface area contributed by atoms with Gasteiger partial charge in [-0.3, -0.25) is 19.3 Å². The number of likely N-dealkylation sites (N-methyl/N-ethyl adjacent to an activating group) is 1. The van der Waals surface area contributed by atoms with Crippen LogP contribution < -0.4 is 5.32 Å². The van der Waals surface area contributed by atoms with Crippen molar-refractivity contribution in [2.75, 3.05) is 20.2 Å². The Labute approximate surface area is 167 Å². The van der Waals surface area contributed by atoms with Crippen molar-refractivity contribution in [1.29, 1.82) is 0 Å². The summed E-state index contributed by atoms with van der Waals surface area (Å²) in [6.07, 6.45) is 3.32. The molecule has 1 aromatic heterocycles. The van der Waals surface area contributed by atoms with Crippen LogP contribution in [0.5, 0.6) is 0 Å². The average molecular weight is 407 g/mol. The molecule has 1 saturated carbocycles. The Bertz CT molecular complexity index is 766. The summed E-state index contributed by atoms with van der Waals surface area (Å²) in [6, 6.07) is 1.34. The van der Waals surface area contributed by atoms with Gasteiger partial charge >= 0.3 is 12.0 Å². The molecular formula is C19H25N3O5S. The molecular weight excluding hydrogens is 382 g/mol. The summed E-state index contributed by atoms with van der Waals surface area (Å²) in [7, 11) is 1.62. The van der Waals surface area contributed by atoms with Crippen LogP contribution in [0.2, 0.25) is 0 Å². The van der Waals surface area contributed by atoms with Crippen LogP contribution in [-0.4, -0.2) is 59.4 Å². The number of esters is 1. The lowest BCUT2D eigenvalue weighted by Crippen LogP contribution is -2.54. The van der Waals surface area contributed by atoms with Gasteiger partial charge in [-0.15, -0.1) is 0 Å². The molecule has 2 heterocycles. The fourth-order valence-electron chi connectivity index (χ4n) is 3.81. The quantitative estimate of drug-likeness (QED) is 0.573. The van der Waals surface area contributed by atoms with E-state index in [9.17, 15) is 19.2 Å². The molecule has 0 unspecified atom stereocenters. The molecule has 0 radical (unpaired) electrons. The number of amides is 4. The maximum Gasteiger partial charge on any atom is 0.326 e. The van der Waals surface area contributed by atoms with Gasteiger partial charge in [0.2, 0.25) is 0 Å². The number of carbonyl (C=O) groups excluding carboxylic acids is 4. The smallest absolute Gasteiger partial charge is 0.326 e. The van der Waals surface area contributed by atoms with E-state index in [-0.39, 0.29) is 17.7 Å². The lowest BCUT2D eigenvalue weighted by molar-refractivity contribution is -0.153. The lowest BCUT2D eigenvalue weighted by atomic mass is 9.73. The maximum absolute atomic E-state index is 12.8. The molecule has 0 aromatic carbocycles. The SMILES string of the molecule is C[C@@H]1CCCC[C@]12NC(=O)N(CC(=O)OCC(=O)N(C)Cc1ccsc1)C2=O. The van der Waals surface area contributed by atoms with Crippen molar-refractivity contribution < 1.29 is 23.9 Å². The molecule has 9 heteroatoms. The highest BCUT2D eigenvalue weighted by Crippen LogP contribution is 2.38. The van der Waals surface area contributed by atoms with Crippen LogP contribution >= 0.6 is 11.3 Å². The van der Waals surface area contributed by atoms with Gasteiger partial charge in [-0.2, -0.15) is 11.3 Å². The third-order valence-electron chi connectivity index (χ3n) is 5.57. The highest BCUT2D eigenvalue weighted by atomic mass is 32.1. The first-order valence-corrected chi connectivity index (χ1v) is 10.3. The predicted octanol–water partition coefficient (Wildman–Crippen LogP) is 1.75. The van der Waals surface area contributed by atoms with E-state index < -0.39 is 30.7 Å². The van der Waals surface area contributed by atoms with Crippen LogP contribution in [0.15, 0.2) is 16.8 Å². The minimum Gasteiger partial charge on any atom is -0.454 e. The number of rotatable bonds is 6. The number of hydrogen-bond acceptors (Lipinski definition) is 6. The highest BCUT2D eigenvalue weighted by Gasteiger charge is 2.55. The number of ether oxygens (including phenoxy) is 1. The number of hydrogen-bond donors (Lipinski definition) is 1. The molecule has 1 aliphatic carbocycles. The van der Waals surface area contributed by atoms with Gasteiger partial charge < -0.3 is 15.0 Å². The van der Waals surface area contributed by atoms with E-state index in [1.807, 2.05) is 23.8 Å². The van der Waals surface area contributed by atoms with Crippen molar-refractivity contribution in [3.05, 3.63) is 22.4 Å². The molecule has 3 rings (SSSR count). The van der Waals surface area contributed by atoms with Crippen molar-refractivity contribution in [2.45, 2.75) is 44.7 Å². The van der Waals surface area contributed by atoms with Crippen LogP contribution in [-0.2, 0) is 25.7 Å². The van der Waals surface area contributed by atoms with Crippen LogP contribution in [0.4, 0.5) is 4.79 Å². The van der Waals surface area contributed by atoms with Crippen molar-refractivity contribution in [3.8, 4) is 0 Å². The molecule has 1 aliphatic heterocycles. The first-order chi connectivity index (χ1) is 13.3. The van der Waals surface area contributed by atoms with Gasteiger partial charge in [-0.25, -0.2) is 4.79 Å². The summed E-state index contributed by atoms with van der Waals surface area (Å²) < 4.78 is 5.00. The van der Waals surface area contributed by atoms with Gasteiger partial charge in [-0.05, 0) is 41.1 Å². The van der Waals surface area contributed by atoms with Gasteiger partial charge in [-0.1, -0.05) is 19.8 Å². The highest BCUT2D eigenvalue weighted by molar-refractivity contribution is 7.07. The Morgan fingerprint density at radius 3 is 2.86 bits per heavy atom. The topological polar surface area (TPSA) is 96.0 Å². The second-order valence-electron chi connectivity index (χ2n) is 7.48. The second kappa shape index (κ2) is 8.30. The normalized spacial score (nSPS) is 24.4.